The van der Waals surface area contributed by atoms with Crippen LogP contribution in [-0.2, 0) is 10.0 Å². The van der Waals surface area contributed by atoms with Gasteiger partial charge in [0.25, 0.3) is 0 Å². The van der Waals surface area contributed by atoms with E-state index in [0.717, 1.165) is 42.5 Å². The number of nitrogens with zero attached hydrogens (tertiary/aromatic N) is 4. The molecule has 3 heterocycles. The van der Waals surface area contributed by atoms with Gasteiger partial charge in [0.05, 0.1) is 11.1 Å². The maximum atomic E-state index is 14.1. The Morgan fingerprint density at radius 1 is 1.12 bits per heavy atom. The summed E-state index contributed by atoms with van der Waals surface area (Å²) >= 11 is 0. The molecule has 1 aliphatic carbocycles. The van der Waals surface area contributed by atoms with Crippen molar-refractivity contribution < 1.29 is 12.8 Å². The Balaban J connectivity index is 1.18. The molecule has 0 amide bonds. The molecular weight excluding hydrogens is 441 g/mol. The van der Waals surface area contributed by atoms with Crippen LogP contribution in [0.3, 0.4) is 0 Å². The molecule has 1 atom stereocenters. The quantitative estimate of drug-likeness (QED) is 0.589. The predicted octanol–water partition coefficient (Wildman–Crippen LogP) is 3.91. The van der Waals surface area contributed by atoms with Gasteiger partial charge >= 0.3 is 0 Å². The van der Waals surface area contributed by atoms with Crippen LogP contribution in [0.25, 0.3) is 11.0 Å². The summed E-state index contributed by atoms with van der Waals surface area (Å²) in [7, 11) is -1.29. The zero-order valence-corrected chi connectivity index (χ0v) is 19.6. The number of halogens is 1. The van der Waals surface area contributed by atoms with Crippen LogP contribution in [-0.4, -0.2) is 59.6 Å². The molecule has 7 nitrogen and oxygen atoms in total. The fourth-order valence-electron chi connectivity index (χ4n) is 5.46. The molecule has 0 spiro atoms. The Morgan fingerprint density at radius 3 is 2.70 bits per heavy atom. The van der Waals surface area contributed by atoms with E-state index < -0.39 is 10.0 Å². The van der Waals surface area contributed by atoms with Crippen LogP contribution in [0.5, 0.6) is 0 Å². The number of anilines is 1. The maximum Gasteiger partial charge on any atom is 0.214 e. The number of nitrogens with one attached hydrogen (secondary N) is 1. The maximum absolute atomic E-state index is 14.1. The number of H-pyrrole nitrogens is 1. The lowest BCUT2D eigenvalue weighted by atomic mass is 9.86. The number of hydrogen-bond acceptors (Lipinski definition) is 5. The second-order valence-corrected chi connectivity index (χ2v) is 11.4. The minimum Gasteiger partial charge on any atom is -0.356 e. The number of sulfonamides is 1. The molecule has 1 aliphatic heterocycles. The van der Waals surface area contributed by atoms with Crippen molar-refractivity contribution in [3.8, 4) is 0 Å². The van der Waals surface area contributed by atoms with E-state index in [2.05, 4.69) is 26.9 Å². The third-order valence-corrected chi connectivity index (χ3v) is 9.38. The molecule has 9 heteroatoms. The Kier molecular flexibility index (Phi) is 6.09. The van der Waals surface area contributed by atoms with Gasteiger partial charge in [0.2, 0.25) is 10.0 Å². The lowest BCUT2D eigenvalue weighted by Crippen LogP contribution is -2.39. The normalized spacial score (nSPS) is 24.4. The second-order valence-electron chi connectivity index (χ2n) is 9.37. The minimum atomic E-state index is -3.35. The summed E-state index contributed by atoms with van der Waals surface area (Å²) in [5.74, 6) is 0.940. The van der Waals surface area contributed by atoms with E-state index in [1.165, 1.54) is 6.07 Å². The molecule has 1 N–H and O–H groups in total. The number of benzene rings is 1. The Bertz CT molecular complexity index is 1220. The van der Waals surface area contributed by atoms with E-state index >= 15 is 0 Å². The van der Waals surface area contributed by atoms with Crippen molar-refractivity contribution in [3.63, 3.8) is 0 Å². The molecule has 0 bridgehead atoms. The summed E-state index contributed by atoms with van der Waals surface area (Å²) in [6, 6.07) is 9.02. The van der Waals surface area contributed by atoms with E-state index in [9.17, 15) is 12.8 Å². The first-order valence-electron chi connectivity index (χ1n) is 11.7. The zero-order chi connectivity index (χ0) is 23.0. The van der Waals surface area contributed by atoms with Gasteiger partial charge in [-0.15, -0.1) is 0 Å². The smallest absolute Gasteiger partial charge is 0.214 e. The predicted molar refractivity (Wildman–Crippen MR) is 127 cm³/mol. The van der Waals surface area contributed by atoms with Crippen LogP contribution in [0.4, 0.5) is 10.2 Å². The standard InChI is InChI=1S/C24H30FN5O2S/c1-29(24-21-10-12-26-23(21)27-16-28-24)19-8-6-17(7-9-19)15-33(31,32)30-13-11-18(14-30)20-4-2-3-5-22(20)25/h2-5,10,12,16-19H,6-9,11,13-15H2,1H3,(H,26,27,28). The Morgan fingerprint density at radius 2 is 1.91 bits per heavy atom. The van der Waals surface area contributed by atoms with Crippen LogP contribution in [0, 0.1) is 11.7 Å². The van der Waals surface area contributed by atoms with E-state index in [0.29, 0.717) is 31.1 Å². The van der Waals surface area contributed by atoms with Crippen molar-refractivity contribution in [2.24, 2.45) is 5.92 Å². The minimum absolute atomic E-state index is 0.0662. The van der Waals surface area contributed by atoms with Crippen molar-refractivity contribution in [3.05, 3.63) is 54.2 Å². The molecule has 1 saturated carbocycles. The van der Waals surface area contributed by atoms with Gasteiger partial charge in [0.1, 0.15) is 23.6 Å². The van der Waals surface area contributed by atoms with Crippen molar-refractivity contribution in [1.29, 1.82) is 0 Å². The van der Waals surface area contributed by atoms with Crippen LogP contribution in [0.15, 0.2) is 42.9 Å². The van der Waals surface area contributed by atoms with Gasteiger partial charge in [-0.2, -0.15) is 0 Å². The molecule has 33 heavy (non-hydrogen) atoms. The molecule has 0 radical (unpaired) electrons. The zero-order valence-electron chi connectivity index (χ0n) is 18.8. The molecule has 2 aromatic heterocycles. The average Bonchev–Trinajstić information content (AvgIpc) is 3.49. The SMILES string of the molecule is CN(c1ncnc2[nH]ccc12)C1CCC(CS(=O)(=O)N2CCC(c3ccccc3F)C2)CC1. The average molecular weight is 472 g/mol. The number of rotatable bonds is 6. The van der Waals surface area contributed by atoms with Gasteiger partial charge in [-0.3, -0.25) is 0 Å². The molecule has 1 aromatic carbocycles. The largest absolute Gasteiger partial charge is 0.356 e. The van der Waals surface area contributed by atoms with E-state index in [4.69, 9.17) is 0 Å². The summed E-state index contributed by atoms with van der Waals surface area (Å²) in [5, 5.41) is 1.00. The number of aromatic amines is 1. The fourth-order valence-corrected chi connectivity index (χ4v) is 7.39. The van der Waals surface area contributed by atoms with Gasteiger partial charge in [-0.1, -0.05) is 18.2 Å². The van der Waals surface area contributed by atoms with Crippen molar-refractivity contribution >= 4 is 26.9 Å². The first-order valence-corrected chi connectivity index (χ1v) is 13.3. The van der Waals surface area contributed by atoms with E-state index in [1.54, 1.807) is 22.8 Å². The van der Waals surface area contributed by atoms with E-state index in [1.807, 2.05) is 18.3 Å². The second kappa shape index (κ2) is 9.02. The first kappa shape index (κ1) is 22.3. The monoisotopic (exact) mass is 471 g/mol. The molecule has 3 aromatic rings. The van der Waals surface area contributed by atoms with Crippen LogP contribution >= 0.6 is 0 Å². The molecule has 1 unspecified atom stereocenters. The number of hydrogen-bond donors (Lipinski definition) is 1. The third-order valence-electron chi connectivity index (χ3n) is 7.37. The highest BCUT2D eigenvalue weighted by molar-refractivity contribution is 7.89. The third kappa shape index (κ3) is 4.48. The van der Waals surface area contributed by atoms with Crippen LogP contribution in [0.2, 0.25) is 0 Å². The van der Waals surface area contributed by atoms with Crippen LogP contribution < -0.4 is 4.90 Å². The lowest BCUT2D eigenvalue weighted by Gasteiger charge is -2.35. The molecule has 5 rings (SSSR count). The fraction of sp³-hybridized carbons (Fsp3) is 0.500. The summed E-state index contributed by atoms with van der Waals surface area (Å²) in [4.78, 5) is 14.1. The molecule has 2 aliphatic rings. The topological polar surface area (TPSA) is 82.2 Å². The van der Waals surface area contributed by atoms with Crippen LogP contribution in [0.1, 0.15) is 43.6 Å². The van der Waals surface area contributed by atoms with Gasteiger partial charge in [0.15, 0.2) is 0 Å². The van der Waals surface area contributed by atoms with Crippen molar-refractivity contribution in [2.45, 2.75) is 44.1 Å². The van der Waals surface area contributed by atoms with Gasteiger partial charge in [-0.05, 0) is 55.7 Å². The highest BCUT2D eigenvalue weighted by atomic mass is 32.2. The number of aromatic nitrogens is 3. The Labute approximate surface area is 194 Å². The molecule has 1 saturated heterocycles. The van der Waals surface area contributed by atoms with E-state index in [-0.39, 0.29) is 23.4 Å². The molecule has 176 valence electrons. The lowest BCUT2D eigenvalue weighted by molar-refractivity contribution is 0.336. The summed E-state index contributed by atoms with van der Waals surface area (Å²) < 4.78 is 42.0. The van der Waals surface area contributed by atoms with Crippen molar-refractivity contribution in [1.82, 2.24) is 19.3 Å². The highest BCUT2D eigenvalue weighted by Gasteiger charge is 2.36. The van der Waals surface area contributed by atoms with Crippen molar-refractivity contribution in [2.75, 3.05) is 30.8 Å². The summed E-state index contributed by atoms with van der Waals surface area (Å²) in [5.41, 5.74) is 1.45. The highest BCUT2D eigenvalue weighted by Crippen LogP contribution is 2.34. The summed E-state index contributed by atoms with van der Waals surface area (Å²) in [6.45, 7) is 0.849. The van der Waals surface area contributed by atoms with Gasteiger partial charge in [-0.25, -0.2) is 27.1 Å². The molecule has 2 fully saturated rings. The number of fused-ring (bicyclic) bond motifs is 1. The first-order chi connectivity index (χ1) is 15.9. The summed E-state index contributed by atoms with van der Waals surface area (Å²) in [6.07, 6.45) is 7.74. The molecular formula is C24H30FN5O2S. The Hall–Kier alpha value is -2.52. The van der Waals surface area contributed by atoms with Gasteiger partial charge in [0, 0.05) is 38.3 Å². The van der Waals surface area contributed by atoms with Gasteiger partial charge < -0.3 is 9.88 Å².